The number of nitrogens with one attached hydrogen (secondary N) is 2. The lowest BCUT2D eigenvalue weighted by atomic mass is 10.1. The Hall–Kier alpha value is -2.55. The van der Waals surface area contributed by atoms with Crippen molar-refractivity contribution in [2.24, 2.45) is 0 Å². The highest BCUT2D eigenvalue weighted by atomic mass is 16.1. The summed E-state index contributed by atoms with van der Waals surface area (Å²) in [5.74, 6) is 0.0912. The molecule has 0 fully saturated rings. The smallest absolute Gasteiger partial charge is 0.220 e. The van der Waals surface area contributed by atoms with E-state index in [4.69, 9.17) is 0 Å². The van der Waals surface area contributed by atoms with E-state index in [2.05, 4.69) is 34.6 Å². The summed E-state index contributed by atoms with van der Waals surface area (Å²) >= 11 is 0. The first kappa shape index (κ1) is 14.4. The Balaban J connectivity index is 1.59. The average molecular weight is 292 g/mol. The van der Waals surface area contributed by atoms with E-state index in [1.165, 1.54) is 16.5 Å². The van der Waals surface area contributed by atoms with Crippen LogP contribution in [0, 0.1) is 6.92 Å². The number of aryl methyl sites for hydroxylation is 2. The van der Waals surface area contributed by atoms with Crippen LogP contribution in [0.5, 0.6) is 0 Å². The molecule has 0 saturated heterocycles. The molecule has 0 radical (unpaired) electrons. The fraction of sp³-hybridized carbons (Fsp3) is 0.211. The van der Waals surface area contributed by atoms with Gasteiger partial charge >= 0.3 is 0 Å². The molecule has 0 aliphatic rings. The summed E-state index contributed by atoms with van der Waals surface area (Å²) in [4.78, 5) is 15.4. The molecule has 1 heterocycles. The van der Waals surface area contributed by atoms with Crippen molar-refractivity contribution < 1.29 is 4.79 Å². The van der Waals surface area contributed by atoms with Crippen LogP contribution in [-0.4, -0.2) is 10.9 Å². The maximum Gasteiger partial charge on any atom is 0.220 e. The van der Waals surface area contributed by atoms with Gasteiger partial charge in [0.2, 0.25) is 5.91 Å². The van der Waals surface area contributed by atoms with Crippen LogP contribution >= 0.6 is 0 Å². The number of carbonyl (C=O) groups excluding carboxylic acids is 1. The van der Waals surface area contributed by atoms with Crippen LogP contribution in [0.3, 0.4) is 0 Å². The van der Waals surface area contributed by atoms with Crippen molar-refractivity contribution in [1.29, 1.82) is 0 Å². The molecule has 1 amide bonds. The minimum Gasteiger partial charge on any atom is -0.358 e. The average Bonchev–Trinajstić information content (AvgIpc) is 2.87. The molecule has 2 aromatic carbocycles. The van der Waals surface area contributed by atoms with E-state index in [0.717, 1.165) is 17.6 Å². The van der Waals surface area contributed by atoms with Crippen molar-refractivity contribution in [3.8, 4) is 0 Å². The van der Waals surface area contributed by atoms with Gasteiger partial charge in [-0.3, -0.25) is 4.79 Å². The van der Waals surface area contributed by atoms with Crippen molar-refractivity contribution in [1.82, 2.24) is 10.3 Å². The molecule has 0 atom stereocenters. The van der Waals surface area contributed by atoms with E-state index < -0.39 is 0 Å². The number of hydrogen-bond acceptors (Lipinski definition) is 1. The van der Waals surface area contributed by atoms with E-state index >= 15 is 0 Å². The Labute approximate surface area is 130 Å². The van der Waals surface area contributed by atoms with Gasteiger partial charge in [-0.2, -0.15) is 0 Å². The lowest BCUT2D eigenvalue weighted by molar-refractivity contribution is -0.121. The van der Waals surface area contributed by atoms with Gasteiger partial charge in [0.1, 0.15) is 0 Å². The number of hydrogen-bond donors (Lipinski definition) is 2. The molecule has 2 N–H and O–H groups in total. The van der Waals surface area contributed by atoms with Crippen molar-refractivity contribution in [3.63, 3.8) is 0 Å². The highest BCUT2D eigenvalue weighted by molar-refractivity contribution is 5.85. The van der Waals surface area contributed by atoms with Gasteiger partial charge in [0.15, 0.2) is 0 Å². The van der Waals surface area contributed by atoms with Crippen molar-refractivity contribution in [2.45, 2.75) is 26.3 Å². The number of amides is 1. The summed E-state index contributed by atoms with van der Waals surface area (Å²) in [6, 6.07) is 18.3. The Kier molecular flexibility index (Phi) is 4.24. The number of aromatic nitrogens is 1. The van der Waals surface area contributed by atoms with E-state index in [1.54, 1.807) is 0 Å². The largest absolute Gasteiger partial charge is 0.358 e. The molecule has 112 valence electrons. The fourth-order valence-corrected chi connectivity index (χ4v) is 2.74. The second-order valence-corrected chi connectivity index (χ2v) is 5.54. The van der Waals surface area contributed by atoms with E-state index in [1.807, 2.05) is 37.3 Å². The highest BCUT2D eigenvalue weighted by Crippen LogP contribution is 2.21. The zero-order chi connectivity index (χ0) is 15.4. The van der Waals surface area contributed by atoms with Crippen molar-refractivity contribution >= 4 is 16.8 Å². The van der Waals surface area contributed by atoms with Crippen LogP contribution < -0.4 is 5.32 Å². The normalized spacial score (nSPS) is 10.8. The molecule has 0 aliphatic heterocycles. The lowest BCUT2D eigenvalue weighted by Crippen LogP contribution is -2.23. The molecular formula is C19H20N2O. The molecular weight excluding hydrogens is 272 g/mol. The molecule has 1 aromatic heterocycles. The van der Waals surface area contributed by atoms with Crippen LogP contribution in [0.4, 0.5) is 0 Å². The van der Waals surface area contributed by atoms with E-state index in [9.17, 15) is 4.79 Å². The van der Waals surface area contributed by atoms with Crippen LogP contribution in [0.2, 0.25) is 0 Å². The number of H-pyrrole nitrogens is 1. The number of para-hydroxylation sites is 1. The minimum atomic E-state index is 0.0912. The Bertz CT molecular complexity index is 774. The first-order valence-corrected chi connectivity index (χ1v) is 7.61. The zero-order valence-corrected chi connectivity index (χ0v) is 12.7. The van der Waals surface area contributed by atoms with E-state index in [-0.39, 0.29) is 5.91 Å². The quantitative estimate of drug-likeness (QED) is 0.739. The van der Waals surface area contributed by atoms with Crippen LogP contribution in [0.1, 0.15) is 23.2 Å². The first-order chi connectivity index (χ1) is 10.7. The third-order valence-electron chi connectivity index (χ3n) is 3.97. The van der Waals surface area contributed by atoms with Gasteiger partial charge < -0.3 is 10.3 Å². The summed E-state index contributed by atoms with van der Waals surface area (Å²) in [6.45, 7) is 2.62. The molecule has 22 heavy (non-hydrogen) atoms. The highest BCUT2D eigenvalue weighted by Gasteiger charge is 2.09. The van der Waals surface area contributed by atoms with Crippen LogP contribution in [0.25, 0.3) is 10.9 Å². The van der Waals surface area contributed by atoms with Gasteiger partial charge in [-0.1, -0.05) is 48.5 Å². The molecule has 0 aliphatic carbocycles. The van der Waals surface area contributed by atoms with Gasteiger partial charge in [-0.25, -0.2) is 0 Å². The molecule has 0 bridgehead atoms. The third kappa shape index (κ3) is 3.19. The van der Waals surface area contributed by atoms with Crippen molar-refractivity contribution in [2.75, 3.05) is 0 Å². The summed E-state index contributed by atoms with van der Waals surface area (Å²) < 4.78 is 0. The van der Waals surface area contributed by atoms with Gasteiger partial charge in [0, 0.05) is 29.6 Å². The number of benzene rings is 2. The van der Waals surface area contributed by atoms with Crippen LogP contribution in [0.15, 0.2) is 54.6 Å². The standard InChI is InChI=1S/C19H20N2O/c1-14-17(16-9-5-6-10-18(16)21-14)13-20-19(22)12-11-15-7-3-2-4-8-15/h2-10,21H,11-13H2,1H3,(H,20,22). The fourth-order valence-electron chi connectivity index (χ4n) is 2.74. The topological polar surface area (TPSA) is 44.9 Å². The number of aromatic amines is 1. The van der Waals surface area contributed by atoms with Gasteiger partial charge in [-0.05, 0) is 30.5 Å². The van der Waals surface area contributed by atoms with E-state index in [0.29, 0.717) is 13.0 Å². The summed E-state index contributed by atoms with van der Waals surface area (Å²) in [5.41, 5.74) is 4.60. The monoisotopic (exact) mass is 292 g/mol. The number of carbonyl (C=O) groups is 1. The number of fused-ring (bicyclic) bond motifs is 1. The first-order valence-electron chi connectivity index (χ1n) is 7.61. The van der Waals surface area contributed by atoms with Gasteiger partial charge in [0.05, 0.1) is 0 Å². The Morgan fingerprint density at radius 2 is 1.77 bits per heavy atom. The van der Waals surface area contributed by atoms with Crippen LogP contribution in [-0.2, 0) is 17.8 Å². The third-order valence-corrected chi connectivity index (χ3v) is 3.97. The summed E-state index contributed by atoms with van der Waals surface area (Å²) in [5, 5.41) is 4.21. The second-order valence-electron chi connectivity index (χ2n) is 5.54. The maximum atomic E-state index is 12.0. The Morgan fingerprint density at radius 1 is 1.05 bits per heavy atom. The molecule has 3 rings (SSSR count). The molecule has 0 spiro atoms. The van der Waals surface area contributed by atoms with Gasteiger partial charge in [0.25, 0.3) is 0 Å². The maximum absolute atomic E-state index is 12.0. The minimum absolute atomic E-state index is 0.0912. The molecule has 3 nitrogen and oxygen atoms in total. The molecule has 3 heteroatoms. The van der Waals surface area contributed by atoms with Gasteiger partial charge in [-0.15, -0.1) is 0 Å². The predicted octanol–water partition coefficient (Wildman–Crippen LogP) is 3.73. The zero-order valence-electron chi connectivity index (χ0n) is 12.7. The SMILES string of the molecule is Cc1[nH]c2ccccc2c1CNC(=O)CCc1ccccc1. The van der Waals surface area contributed by atoms with Crippen molar-refractivity contribution in [3.05, 3.63) is 71.4 Å². The summed E-state index contributed by atoms with van der Waals surface area (Å²) in [6.07, 6.45) is 1.30. The number of rotatable bonds is 5. The lowest BCUT2D eigenvalue weighted by Gasteiger charge is -2.06. The molecule has 0 unspecified atom stereocenters. The second kappa shape index (κ2) is 6.48. The summed E-state index contributed by atoms with van der Waals surface area (Å²) in [7, 11) is 0. The Morgan fingerprint density at radius 3 is 2.59 bits per heavy atom. The molecule has 0 saturated carbocycles. The molecule has 3 aromatic rings. The predicted molar refractivity (Wildman–Crippen MR) is 89.6 cm³/mol.